The molecule has 0 bridgehead atoms. The molecule has 2 N–H and O–H groups in total. The zero-order valence-corrected chi connectivity index (χ0v) is 16.2. The molecular formula is C21H16Cl2N2O3. The molecule has 28 heavy (non-hydrogen) atoms. The van der Waals surface area contributed by atoms with Crippen LogP contribution in [0, 0.1) is 0 Å². The molecule has 3 rings (SSSR count). The van der Waals surface area contributed by atoms with E-state index in [0.717, 1.165) is 10.8 Å². The van der Waals surface area contributed by atoms with E-state index < -0.39 is 11.8 Å². The summed E-state index contributed by atoms with van der Waals surface area (Å²) in [4.78, 5) is 36.3. The highest BCUT2D eigenvalue weighted by atomic mass is 35.5. The molecule has 0 aromatic heterocycles. The van der Waals surface area contributed by atoms with Crippen LogP contribution in [0.3, 0.4) is 0 Å². The summed E-state index contributed by atoms with van der Waals surface area (Å²) in [6, 6.07) is 17.6. The maximum atomic E-state index is 12.3. The van der Waals surface area contributed by atoms with Crippen LogP contribution in [0.15, 0.2) is 60.7 Å². The second-order valence-electron chi connectivity index (χ2n) is 6.11. The molecule has 7 heteroatoms. The molecule has 0 fully saturated rings. The third-order valence-electron chi connectivity index (χ3n) is 4.14. The standard InChI is InChI=1S/C21H16Cl2N2O3/c22-16-7-8-18(23)17(12-16)21(28)25-24-20(27)10-9-19(26)15-6-5-13-3-1-2-4-14(13)11-15/h1-8,11-12H,9-10H2,(H,24,27)(H,25,28). The molecule has 0 heterocycles. The minimum Gasteiger partial charge on any atom is -0.294 e. The van der Waals surface area contributed by atoms with E-state index in [2.05, 4.69) is 10.9 Å². The Bertz CT molecular complexity index is 1070. The molecule has 0 aliphatic carbocycles. The van der Waals surface area contributed by atoms with Gasteiger partial charge in [-0.3, -0.25) is 25.2 Å². The lowest BCUT2D eigenvalue weighted by molar-refractivity contribution is -0.121. The van der Waals surface area contributed by atoms with E-state index in [1.807, 2.05) is 30.3 Å². The summed E-state index contributed by atoms with van der Waals surface area (Å²) in [7, 11) is 0. The minimum atomic E-state index is -0.596. The predicted octanol–water partition coefficient (Wildman–Crippen LogP) is 4.57. The first-order valence-corrected chi connectivity index (χ1v) is 9.26. The summed E-state index contributed by atoms with van der Waals surface area (Å²) in [5.74, 6) is -1.23. The van der Waals surface area contributed by atoms with Gasteiger partial charge < -0.3 is 0 Å². The van der Waals surface area contributed by atoms with Gasteiger partial charge in [0.25, 0.3) is 5.91 Å². The highest BCUT2D eigenvalue weighted by molar-refractivity contribution is 6.35. The van der Waals surface area contributed by atoms with Gasteiger partial charge in [-0.15, -0.1) is 0 Å². The molecular weight excluding hydrogens is 399 g/mol. The SMILES string of the molecule is O=C(CCC(=O)c1ccc2ccccc2c1)NNC(=O)c1cc(Cl)ccc1Cl. The second-order valence-corrected chi connectivity index (χ2v) is 6.96. The predicted molar refractivity (Wildman–Crippen MR) is 110 cm³/mol. The van der Waals surface area contributed by atoms with Gasteiger partial charge in [-0.25, -0.2) is 0 Å². The van der Waals surface area contributed by atoms with Crippen molar-refractivity contribution in [3.8, 4) is 0 Å². The fourth-order valence-corrected chi connectivity index (χ4v) is 3.04. The van der Waals surface area contributed by atoms with Gasteiger partial charge in [0.2, 0.25) is 5.91 Å². The largest absolute Gasteiger partial charge is 0.294 e. The Hall–Kier alpha value is -2.89. The highest BCUT2D eigenvalue weighted by Crippen LogP contribution is 2.20. The maximum Gasteiger partial charge on any atom is 0.271 e. The van der Waals surface area contributed by atoms with E-state index >= 15 is 0 Å². The Morgan fingerprint density at radius 1 is 0.786 bits per heavy atom. The van der Waals surface area contributed by atoms with E-state index in [0.29, 0.717) is 10.6 Å². The van der Waals surface area contributed by atoms with Crippen LogP contribution >= 0.6 is 23.2 Å². The molecule has 0 atom stereocenters. The van der Waals surface area contributed by atoms with Crippen molar-refractivity contribution in [3.05, 3.63) is 81.8 Å². The molecule has 0 radical (unpaired) electrons. The Kier molecular flexibility index (Phi) is 6.29. The first kappa shape index (κ1) is 19.9. The third-order valence-corrected chi connectivity index (χ3v) is 4.70. The van der Waals surface area contributed by atoms with E-state index in [-0.39, 0.29) is 29.2 Å². The Morgan fingerprint density at radius 2 is 1.54 bits per heavy atom. The number of hydrazine groups is 1. The van der Waals surface area contributed by atoms with Gasteiger partial charge in [-0.1, -0.05) is 59.6 Å². The van der Waals surface area contributed by atoms with E-state index in [1.54, 1.807) is 18.2 Å². The summed E-state index contributed by atoms with van der Waals surface area (Å²) >= 11 is 11.8. The van der Waals surface area contributed by atoms with Gasteiger partial charge >= 0.3 is 0 Å². The molecule has 0 unspecified atom stereocenters. The molecule has 0 spiro atoms. The topological polar surface area (TPSA) is 75.3 Å². The average Bonchev–Trinajstić information content (AvgIpc) is 2.71. The molecule has 5 nitrogen and oxygen atoms in total. The number of amides is 2. The van der Waals surface area contributed by atoms with Crippen LogP contribution in [-0.2, 0) is 4.79 Å². The number of hydrogen-bond donors (Lipinski definition) is 2. The lowest BCUT2D eigenvalue weighted by atomic mass is 10.0. The number of benzene rings is 3. The van der Waals surface area contributed by atoms with Crippen molar-refractivity contribution < 1.29 is 14.4 Å². The number of nitrogens with one attached hydrogen (secondary N) is 2. The van der Waals surface area contributed by atoms with Crippen LogP contribution in [0.4, 0.5) is 0 Å². The van der Waals surface area contributed by atoms with Crippen LogP contribution in [0.5, 0.6) is 0 Å². The van der Waals surface area contributed by atoms with Crippen molar-refractivity contribution in [1.29, 1.82) is 0 Å². The monoisotopic (exact) mass is 414 g/mol. The normalized spacial score (nSPS) is 10.5. The Labute approximate surface area is 171 Å². The van der Waals surface area contributed by atoms with E-state index in [9.17, 15) is 14.4 Å². The van der Waals surface area contributed by atoms with Crippen LogP contribution in [-0.4, -0.2) is 17.6 Å². The lowest BCUT2D eigenvalue weighted by Crippen LogP contribution is -2.41. The van der Waals surface area contributed by atoms with Gasteiger partial charge in [0.1, 0.15) is 0 Å². The van der Waals surface area contributed by atoms with Crippen molar-refractivity contribution in [2.24, 2.45) is 0 Å². The minimum absolute atomic E-state index is 0.0258. The number of carbonyl (C=O) groups excluding carboxylic acids is 3. The van der Waals surface area contributed by atoms with Gasteiger partial charge in [-0.2, -0.15) is 0 Å². The van der Waals surface area contributed by atoms with Gasteiger partial charge in [0.05, 0.1) is 10.6 Å². The number of ketones is 1. The molecule has 0 saturated heterocycles. The fraction of sp³-hybridized carbons (Fsp3) is 0.0952. The number of fused-ring (bicyclic) bond motifs is 1. The summed E-state index contributed by atoms with van der Waals surface area (Å²) in [5.41, 5.74) is 5.22. The number of Topliss-reactive ketones (excluding diaryl/α,β-unsaturated/α-hetero) is 1. The van der Waals surface area contributed by atoms with Gasteiger partial charge in [0.15, 0.2) is 5.78 Å². The smallest absolute Gasteiger partial charge is 0.271 e. The molecule has 2 amide bonds. The van der Waals surface area contributed by atoms with E-state index in [4.69, 9.17) is 23.2 Å². The summed E-state index contributed by atoms with van der Waals surface area (Å²) in [6.45, 7) is 0. The van der Waals surface area contributed by atoms with Crippen molar-refractivity contribution in [1.82, 2.24) is 10.9 Å². The van der Waals surface area contributed by atoms with Crippen molar-refractivity contribution in [2.75, 3.05) is 0 Å². The second kappa shape index (κ2) is 8.87. The van der Waals surface area contributed by atoms with Gasteiger partial charge in [-0.05, 0) is 35.0 Å². The van der Waals surface area contributed by atoms with Crippen LogP contribution < -0.4 is 10.9 Å². The first-order valence-electron chi connectivity index (χ1n) is 8.50. The third kappa shape index (κ3) is 4.88. The van der Waals surface area contributed by atoms with Crippen LogP contribution in [0.25, 0.3) is 10.8 Å². The zero-order valence-electron chi connectivity index (χ0n) is 14.7. The highest BCUT2D eigenvalue weighted by Gasteiger charge is 2.13. The van der Waals surface area contributed by atoms with Crippen LogP contribution in [0.2, 0.25) is 10.0 Å². The lowest BCUT2D eigenvalue weighted by Gasteiger charge is -2.09. The molecule has 3 aromatic rings. The van der Waals surface area contributed by atoms with E-state index in [1.165, 1.54) is 12.1 Å². The molecule has 0 aliphatic heterocycles. The maximum absolute atomic E-state index is 12.3. The zero-order chi connectivity index (χ0) is 20.1. The molecule has 142 valence electrons. The Morgan fingerprint density at radius 3 is 2.32 bits per heavy atom. The quantitative estimate of drug-likeness (QED) is 0.474. The number of halogens is 2. The molecule has 0 aliphatic rings. The molecule has 0 saturated carbocycles. The van der Waals surface area contributed by atoms with Crippen molar-refractivity contribution in [3.63, 3.8) is 0 Å². The average molecular weight is 415 g/mol. The van der Waals surface area contributed by atoms with Crippen molar-refractivity contribution in [2.45, 2.75) is 12.8 Å². The van der Waals surface area contributed by atoms with Crippen LogP contribution in [0.1, 0.15) is 33.6 Å². The van der Waals surface area contributed by atoms with Gasteiger partial charge in [0, 0.05) is 23.4 Å². The summed E-state index contributed by atoms with van der Waals surface area (Å²) in [5, 5.41) is 2.56. The number of carbonyl (C=O) groups is 3. The van der Waals surface area contributed by atoms with Crippen molar-refractivity contribution >= 4 is 51.6 Å². The fourth-order valence-electron chi connectivity index (χ4n) is 2.66. The molecule has 3 aromatic carbocycles. The first-order chi connectivity index (χ1) is 13.4. The summed E-state index contributed by atoms with van der Waals surface area (Å²) in [6.07, 6.45) is -0.0345. The number of hydrogen-bond acceptors (Lipinski definition) is 3. The number of rotatable bonds is 5. The Balaban J connectivity index is 1.52. The summed E-state index contributed by atoms with van der Waals surface area (Å²) < 4.78 is 0.